The number of guanidine groups is 1. The number of carbonyl (C=O) groups is 1. The summed E-state index contributed by atoms with van der Waals surface area (Å²) in [4.78, 5) is 18.3. The Labute approximate surface area is 150 Å². The van der Waals surface area contributed by atoms with Gasteiger partial charge in [0.2, 0.25) is 0 Å². The second-order valence-corrected chi connectivity index (χ2v) is 6.63. The van der Waals surface area contributed by atoms with Gasteiger partial charge >= 0.3 is 6.09 Å². The van der Waals surface area contributed by atoms with E-state index in [2.05, 4.69) is 20.7 Å². The first-order chi connectivity index (χ1) is 11.8. The van der Waals surface area contributed by atoms with E-state index in [1.165, 1.54) is 0 Å². The zero-order valence-electron chi connectivity index (χ0n) is 16.3. The largest absolute Gasteiger partial charge is 0.444 e. The number of nitrogens with one attached hydrogen (secondary N) is 2. The van der Waals surface area contributed by atoms with Crippen LogP contribution in [0.3, 0.4) is 0 Å². The summed E-state index contributed by atoms with van der Waals surface area (Å²) in [5.74, 6) is 0.712. The molecule has 0 fully saturated rings. The molecule has 142 valence electrons. The van der Waals surface area contributed by atoms with Crippen molar-refractivity contribution in [3.8, 4) is 0 Å². The van der Waals surface area contributed by atoms with Crippen molar-refractivity contribution in [2.75, 3.05) is 26.2 Å². The lowest BCUT2D eigenvalue weighted by Gasteiger charge is -2.26. The summed E-state index contributed by atoms with van der Waals surface area (Å²) in [6, 6.07) is 1.94. The summed E-state index contributed by atoms with van der Waals surface area (Å²) in [6.45, 7) is 12.6. The fourth-order valence-corrected chi connectivity index (χ4v) is 2.07. The number of ether oxygens (including phenoxy) is 1. The monoisotopic (exact) mass is 352 g/mol. The molecule has 0 spiro atoms. The number of aliphatic imine (C=N–C) groups is 1. The lowest BCUT2D eigenvalue weighted by molar-refractivity contribution is 0.0264. The van der Waals surface area contributed by atoms with E-state index >= 15 is 0 Å². The van der Waals surface area contributed by atoms with Crippen LogP contribution in [0.5, 0.6) is 0 Å². The first-order valence-electron chi connectivity index (χ1n) is 8.73. The van der Waals surface area contributed by atoms with Gasteiger partial charge in [-0.2, -0.15) is 5.10 Å². The molecule has 1 heterocycles. The highest BCUT2D eigenvalue weighted by Gasteiger charge is 2.20. The number of hydrogen-bond donors (Lipinski definition) is 2. The predicted molar refractivity (Wildman–Crippen MR) is 99.5 cm³/mol. The molecule has 0 unspecified atom stereocenters. The van der Waals surface area contributed by atoms with Crippen molar-refractivity contribution in [2.24, 2.45) is 12.0 Å². The number of nitrogens with zero attached hydrogens (tertiary/aromatic N) is 4. The van der Waals surface area contributed by atoms with Gasteiger partial charge in [0.25, 0.3) is 0 Å². The molecule has 8 nitrogen and oxygen atoms in total. The minimum absolute atomic E-state index is 0.298. The molecular formula is C17H32N6O2. The van der Waals surface area contributed by atoms with Crippen LogP contribution < -0.4 is 10.6 Å². The first kappa shape index (κ1) is 20.8. The summed E-state index contributed by atoms with van der Waals surface area (Å²) in [7, 11) is 1.89. The molecule has 2 N–H and O–H groups in total. The first-order valence-corrected chi connectivity index (χ1v) is 8.73. The smallest absolute Gasteiger partial charge is 0.410 e. The highest BCUT2D eigenvalue weighted by atomic mass is 16.6. The average Bonchev–Trinajstić information content (AvgIpc) is 2.92. The van der Waals surface area contributed by atoms with Gasteiger partial charge in [-0.15, -0.1) is 0 Å². The molecular weight excluding hydrogens is 320 g/mol. The third-order valence-electron chi connectivity index (χ3n) is 3.37. The van der Waals surface area contributed by atoms with Crippen molar-refractivity contribution in [3.05, 3.63) is 18.0 Å². The quantitative estimate of drug-likeness (QED) is 0.577. The highest BCUT2D eigenvalue weighted by Crippen LogP contribution is 2.09. The molecule has 1 aromatic rings. The maximum Gasteiger partial charge on any atom is 0.410 e. The van der Waals surface area contributed by atoms with Gasteiger partial charge in [-0.25, -0.2) is 9.79 Å². The van der Waals surface area contributed by atoms with Crippen LogP contribution in [0.4, 0.5) is 4.79 Å². The van der Waals surface area contributed by atoms with Gasteiger partial charge in [0.05, 0.1) is 12.2 Å². The van der Waals surface area contributed by atoms with Crippen LogP contribution in [-0.2, 0) is 18.3 Å². The topological polar surface area (TPSA) is 83.8 Å². The number of carbonyl (C=O) groups excluding carboxylic acids is 1. The summed E-state index contributed by atoms with van der Waals surface area (Å²) in [5.41, 5.74) is 0.540. The van der Waals surface area contributed by atoms with Crippen molar-refractivity contribution in [2.45, 2.75) is 46.8 Å². The van der Waals surface area contributed by atoms with Crippen LogP contribution in [0.2, 0.25) is 0 Å². The summed E-state index contributed by atoms with van der Waals surface area (Å²) in [6.07, 6.45) is 1.46. The standard InChI is InChI=1S/C17H32N6O2/c1-7-18-15(20-13-14-9-10-21-22(14)6)19-11-12-23(8-2)16(24)25-17(3,4)5/h9-10H,7-8,11-13H2,1-6H3,(H2,18,19,20). The maximum atomic E-state index is 12.1. The van der Waals surface area contributed by atoms with Crippen molar-refractivity contribution >= 4 is 12.1 Å². The normalized spacial score (nSPS) is 12.0. The van der Waals surface area contributed by atoms with E-state index in [1.807, 2.05) is 47.7 Å². The number of aromatic nitrogens is 2. The van der Waals surface area contributed by atoms with E-state index in [0.29, 0.717) is 32.1 Å². The molecule has 0 bridgehead atoms. The van der Waals surface area contributed by atoms with Gasteiger partial charge in [-0.3, -0.25) is 4.68 Å². The minimum Gasteiger partial charge on any atom is -0.444 e. The number of aryl methyl sites for hydroxylation is 1. The molecule has 0 aliphatic rings. The van der Waals surface area contributed by atoms with E-state index in [1.54, 1.807) is 15.8 Å². The Morgan fingerprint density at radius 2 is 2.08 bits per heavy atom. The van der Waals surface area contributed by atoms with Crippen LogP contribution in [0, 0.1) is 0 Å². The lowest BCUT2D eigenvalue weighted by Crippen LogP contribution is -2.44. The van der Waals surface area contributed by atoms with E-state index < -0.39 is 5.60 Å². The molecule has 0 saturated heterocycles. The lowest BCUT2D eigenvalue weighted by atomic mass is 10.2. The molecule has 0 radical (unpaired) electrons. The summed E-state index contributed by atoms with van der Waals surface area (Å²) in [5, 5.41) is 10.6. The second-order valence-electron chi connectivity index (χ2n) is 6.63. The van der Waals surface area contributed by atoms with Crippen molar-refractivity contribution in [1.82, 2.24) is 25.3 Å². The maximum absolute atomic E-state index is 12.1. The predicted octanol–water partition coefficient (Wildman–Crippen LogP) is 1.73. The van der Waals surface area contributed by atoms with Crippen LogP contribution in [0.1, 0.15) is 40.3 Å². The van der Waals surface area contributed by atoms with Crippen molar-refractivity contribution < 1.29 is 9.53 Å². The average molecular weight is 352 g/mol. The zero-order valence-corrected chi connectivity index (χ0v) is 16.3. The van der Waals surface area contributed by atoms with E-state index in [0.717, 1.165) is 12.2 Å². The molecule has 8 heteroatoms. The van der Waals surface area contributed by atoms with Crippen LogP contribution in [-0.4, -0.2) is 58.5 Å². The molecule has 0 aromatic carbocycles. The Hall–Kier alpha value is -2.25. The fourth-order valence-electron chi connectivity index (χ4n) is 2.07. The molecule has 1 aromatic heterocycles. The Kier molecular flexibility index (Phi) is 8.24. The third kappa shape index (κ3) is 7.91. The van der Waals surface area contributed by atoms with Gasteiger partial charge in [-0.1, -0.05) is 0 Å². The van der Waals surface area contributed by atoms with Gasteiger partial charge < -0.3 is 20.3 Å². The molecule has 1 amide bonds. The Balaban J connectivity index is 2.53. The van der Waals surface area contributed by atoms with E-state index in [-0.39, 0.29) is 6.09 Å². The van der Waals surface area contributed by atoms with Gasteiger partial charge in [-0.05, 0) is 40.7 Å². The van der Waals surface area contributed by atoms with Crippen LogP contribution in [0.15, 0.2) is 17.3 Å². The summed E-state index contributed by atoms with van der Waals surface area (Å²) >= 11 is 0. The fraction of sp³-hybridized carbons (Fsp3) is 0.706. The minimum atomic E-state index is -0.489. The summed E-state index contributed by atoms with van der Waals surface area (Å²) < 4.78 is 7.21. The third-order valence-corrected chi connectivity index (χ3v) is 3.37. The van der Waals surface area contributed by atoms with Crippen molar-refractivity contribution in [3.63, 3.8) is 0 Å². The molecule has 0 aliphatic carbocycles. The van der Waals surface area contributed by atoms with Crippen molar-refractivity contribution in [1.29, 1.82) is 0 Å². The van der Waals surface area contributed by atoms with Gasteiger partial charge in [0.1, 0.15) is 5.60 Å². The van der Waals surface area contributed by atoms with Gasteiger partial charge in [0, 0.05) is 39.4 Å². The number of amides is 1. The molecule has 25 heavy (non-hydrogen) atoms. The number of likely N-dealkylation sites (N-methyl/N-ethyl adjacent to an activating group) is 1. The van der Waals surface area contributed by atoms with E-state index in [4.69, 9.17) is 4.74 Å². The number of hydrogen-bond acceptors (Lipinski definition) is 4. The highest BCUT2D eigenvalue weighted by molar-refractivity contribution is 5.79. The number of rotatable bonds is 7. The SMILES string of the molecule is CCNC(=NCc1ccnn1C)NCCN(CC)C(=O)OC(C)(C)C. The van der Waals surface area contributed by atoms with Crippen LogP contribution >= 0.6 is 0 Å². The van der Waals surface area contributed by atoms with Gasteiger partial charge in [0.15, 0.2) is 5.96 Å². The second kappa shape index (κ2) is 9.90. The Morgan fingerprint density at radius 1 is 1.36 bits per heavy atom. The molecule has 1 rings (SSSR count). The Morgan fingerprint density at radius 3 is 2.60 bits per heavy atom. The molecule has 0 saturated carbocycles. The zero-order chi connectivity index (χ0) is 18.9. The Bertz CT molecular complexity index is 562. The molecule has 0 atom stereocenters. The molecule has 0 aliphatic heterocycles. The van der Waals surface area contributed by atoms with E-state index in [9.17, 15) is 4.79 Å². The van der Waals surface area contributed by atoms with Crippen LogP contribution in [0.25, 0.3) is 0 Å².